The lowest BCUT2D eigenvalue weighted by Gasteiger charge is -2.07. The van der Waals surface area contributed by atoms with Crippen LogP contribution in [0.5, 0.6) is 0 Å². The predicted molar refractivity (Wildman–Crippen MR) is 75.0 cm³/mol. The molecule has 0 radical (unpaired) electrons. The fourth-order valence-corrected chi connectivity index (χ4v) is 1.89. The molecule has 0 bridgehead atoms. The minimum atomic E-state index is -3.14. The highest BCUT2D eigenvalue weighted by Crippen LogP contribution is 2.08. The number of hydrogen-bond donors (Lipinski definition) is 3. The number of sulfonamides is 1. The van der Waals surface area contributed by atoms with Crippen molar-refractivity contribution in [3.05, 3.63) is 5.28 Å². The second-order valence-electron chi connectivity index (χ2n) is 3.73. The van der Waals surface area contributed by atoms with Crippen LogP contribution in [0.3, 0.4) is 0 Å². The molecule has 8 nitrogen and oxygen atoms in total. The molecule has 0 saturated heterocycles. The molecule has 108 valence electrons. The van der Waals surface area contributed by atoms with Crippen molar-refractivity contribution in [3.63, 3.8) is 0 Å². The quantitative estimate of drug-likeness (QED) is 0.593. The summed E-state index contributed by atoms with van der Waals surface area (Å²) in [5, 5.41) is 5.98. The molecule has 10 heteroatoms. The first-order valence-corrected chi connectivity index (χ1v) is 8.01. The number of hydrogen-bond acceptors (Lipinski definition) is 7. The molecule has 0 aromatic carbocycles. The van der Waals surface area contributed by atoms with E-state index < -0.39 is 10.0 Å². The molecule has 1 aromatic rings. The first-order chi connectivity index (χ1) is 8.90. The van der Waals surface area contributed by atoms with E-state index in [-0.39, 0.29) is 5.28 Å². The smallest absolute Gasteiger partial charge is 0.228 e. The Bertz CT molecular complexity index is 509. The van der Waals surface area contributed by atoms with Crippen molar-refractivity contribution < 1.29 is 8.42 Å². The largest absolute Gasteiger partial charge is 0.354 e. The van der Waals surface area contributed by atoms with Crippen molar-refractivity contribution in [1.29, 1.82) is 0 Å². The van der Waals surface area contributed by atoms with Gasteiger partial charge in [0, 0.05) is 19.6 Å². The molecule has 0 spiro atoms. The lowest BCUT2D eigenvalue weighted by Crippen LogP contribution is -2.24. The van der Waals surface area contributed by atoms with Gasteiger partial charge in [-0.3, -0.25) is 0 Å². The molecule has 1 rings (SSSR count). The van der Waals surface area contributed by atoms with Gasteiger partial charge in [-0.2, -0.15) is 15.0 Å². The van der Waals surface area contributed by atoms with E-state index in [0.717, 1.165) is 6.26 Å². The molecule has 0 saturated carbocycles. The fraction of sp³-hybridized carbons (Fsp3) is 0.667. The summed E-state index contributed by atoms with van der Waals surface area (Å²) >= 11 is 5.75. The van der Waals surface area contributed by atoms with Gasteiger partial charge in [-0.05, 0) is 24.9 Å². The highest BCUT2D eigenvalue weighted by Gasteiger charge is 2.04. The summed E-state index contributed by atoms with van der Waals surface area (Å²) in [6.45, 7) is 3.47. The Labute approximate surface area is 117 Å². The topological polar surface area (TPSA) is 109 Å². The minimum Gasteiger partial charge on any atom is -0.354 e. The Morgan fingerprint density at radius 2 is 1.74 bits per heavy atom. The molecule has 0 fully saturated rings. The zero-order chi connectivity index (χ0) is 14.3. The molecule has 0 aliphatic heterocycles. The number of anilines is 2. The van der Waals surface area contributed by atoms with Crippen LogP contribution in [-0.4, -0.2) is 49.3 Å². The Balaban J connectivity index is 2.40. The molecular weight excluding hydrogens is 292 g/mol. The maximum absolute atomic E-state index is 10.8. The van der Waals surface area contributed by atoms with Crippen LogP contribution in [0.25, 0.3) is 0 Å². The number of nitrogens with one attached hydrogen (secondary N) is 3. The summed E-state index contributed by atoms with van der Waals surface area (Å²) in [6, 6.07) is 0. The number of rotatable bonds is 8. The maximum Gasteiger partial charge on any atom is 0.228 e. The second kappa shape index (κ2) is 7.41. The molecule has 0 aliphatic carbocycles. The van der Waals surface area contributed by atoms with Crippen molar-refractivity contribution in [1.82, 2.24) is 19.7 Å². The second-order valence-corrected chi connectivity index (χ2v) is 5.90. The van der Waals surface area contributed by atoms with E-state index in [1.807, 2.05) is 6.92 Å². The van der Waals surface area contributed by atoms with Crippen LogP contribution in [0.2, 0.25) is 5.28 Å². The Morgan fingerprint density at radius 1 is 1.11 bits per heavy atom. The average Bonchev–Trinajstić information content (AvgIpc) is 2.26. The molecule has 0 atom stereocenters. The van der Waals surface area contributed by atoms with Crippen LogP contribution >= 0.6 is 11.6 Å². The lowest BCUT2D eigenvalue weighted by atomic mass is 10.4. The fourth-order valence-electron chi connectivity index (χ4n) is 1.21. The van der Waals surface area contributed by atoms with Crippen LogP contribution in [0.4, 0.5) is 11.9 Å². The van der Waals surface area contributed by atoms with Crippen molar-refractivity contribution in [2.24, 2.45) is 0 Å². The van der Waals surface area contributed by atoms with Crippen molar-refractivity contribution in [2.75, 3.05) is 36.5 Å². The summed E-state index contributed by atoms with van der Waals surface area (Å²) in [5.41, 5.74) is 0. The Morgan fingerprint density at radius 3 is 2.32 bits per heavy atom. The normalized spacial score (nSPS) is 11.3. The SMILES string of the molecule is CCNc1nc(Cl)nc(NCCCNS(C)(=O)=O)n1. The van der Waals surface area contributed by atoms with Crippen LogP contribution in [-0.2, 0) is 10.0 Å². The third-order valence-corrected chi connectivity index (χ3v) is 2.84. The van der Waals surface area contributed by atoms with Crippen LogP contribution in [0.1, 0.15) is 13.3 Å². The van der Waals surface area contributed by atoms with Crippen molar-refractivity contribution >= 4 is 33.5 Å². The van der Waals surface area contributed by atoms with Gasteiger partial charge in [0.05, 0.1) is 6.26 Å². The number of aromatic nitrogens is 3. The highest BCUT2D eigenvalue weighted by atomic mass is 35.5. The summed E-state index contributed by atoms with van der Waals surface area (Å²) in [4.78, 5) is 11.9. The van der Waals surface area contributed by atoms with Gasteiger partial charge in [0.25, 0.3) is 0 Å². The molecule has 0 unspecified atom stereocenters. The minimum absolute atomic E-state index is 0.0997. The zero-order valence-electron chi connectivity index (χ0n) is 10.8. The van der Waals surface area contributed by atoms with Crippen molar-refractivity contribution in [2.45, 2.75) is 13.3 Å². The van der Waals surface area contributed by atoms with Gasteiger partial charge < -0.3 is 10.6 Å². The van der Waals surface area contributed by atoms with Gasteiger partial charge in [0.1, 0.15) is 0 Å². The molecule has 0 amide bonds. The first-order valence-electron chi connectivity index (χ1n) is 5.74. The standard InChI is InChI=1S/C9H17ClN6O2S/c1-3-11-8-14-7(10)15-9(16-8)12-5-4-6-13-19(2,17)18/h13H,3-6H2,1-2H3,(H2,11,12,14,15,16). The summed E-state index contributed by atoms with van der Waals surface area (Å²) in [6.07, 6.45) is 1.72. The van der Waals surface area contributed by atoms with Crippen LogP contribution in [0.15, 0.2) is 0 Å². The zero-order valence-corrected chi connectivity index (χ0v) is 12.3. The van der Waals surface area contributed by atoms with Gasteiger partial charge in [-0.15, -0.1) is 0 Å². The van der Waals surface area contributed by atoms with Crippen LogP contribution in [0, 0.1) is 0 Å². The summed E-state index contributed by atoms with van der Waals surface area (Å²) in [5.74, 6) is 0.759. The Kier molecular flexibility index (Phi) is 6.19. The number of halogens is 1. The Hall–Kier alpha value is -1.19. The molecule has 19 heavy (non-hydrogen) atoms. The highest BCUT2D eigenvalue weighted by molar-refractivity contribution is 7.88. The van der Waals surface area contributed by atoms with Gasteiger partial charge in [-0.25, -0.2) is 13.1 Å². The first kappa shape index (κ1) is 15.9. The average molecular weight is 309 g/mol. The van der Waals surface area contributed by atoms with Gasteiger partial charge >= 0.3 is 0 Å². The van der Waals surface area contributed by atoms with E-state index in [4.69, 9.17) is 11.6 Å². The third-order valence-electron chi connectivity index (χ3n) is 1.94. The van der Waals surface area contributed by atoms with Crippen LogP contribution < -0.4 is 15.4 Å². The monoisotopic (exact) mass is 308 g/mol. The number of nitrogens with zero attached hydrogens (tertiary/aromatic N) is 3. The molecule has 3 N–H and O–H groups in total. The third kappa shape index (κ3) is 7.09. The van der Waals surface area contributed by atoms with Gasteiger partial charge in [0.15, 0.2) is 0 Å². The van der Waals surface area contributed by atoms with E-state index in [0.29, 0.717) is 38.0 Å². The predicted octanol–water partition coefficient (Wildman–Crippen LogP) is 0.308. The lowest BCUT2D eigenvalue weighted by molar-refractivity contribution is 0.586. The summed E-state index contributed by atoms with van der Waals surface area (Å²) in [7, 11) is -3.14. The maximum atomic E-state index is 10.8. The van der Waals surface area contributed by atoms with E-state index in [1.165, 1.54) is 0 Å². The van der Waals surface area contributed by atoms with E-state index in [9.17, 15) is 8.42 Å². The van der Waals surface area contributed by atoms with E-state index >= 15 is 0 Å². The van der Waals surface area contributed by atoms with E-state index in [2.05, 4.69) is 30.3 Å². The van der Waals surface area contributed by atoms with Gasteiger partial charge in [-0.1, -0.05) is 0 Å². The molecular formula is C9H17ClN6O2S. The van der Waals surface area contributed by atoms with Gasteiger partial charge in [0.2, 0.25) is 27.2 Å². The molecule has 1 aromatic heterocycles. The van der Waals surface area contributed by atoms with E-state index in [1.54, 1.807) is 0 Å². The summed E-state index contributed by atoms with van der Waals surface area (Å²) < 4.78 is 24.1. The molecule has 1 heterocycles. The van der Waals surface area contributed by atoms with Crippen molar-refractivity contribution in [3.8, 4) is 0 Å². The molecule has 0 aliphatic rings.